The fourth-order valence-corrected chi connectivity index (χ4v) is 1.03. The molecule has 68 valence electrons. The van der Waals surface area contributed by atoms with E-state index in [0.717, 1.165) is 16.8 Å². The van der Waals surface area contributed by atoms with Gasteiger partial charge in [0, 0.05) is 30.7 Å². The van der Waals surface area contributed by atoms with Crippen LogP contribution < -0.4 is 11.5 Å². The third-order valence-electron chi connectivity index (χ3n) is 1.69. The molecule has 0 saturated carbocycles. The summed E-state index contributed by atoms with van der Waals surface area (Å²) in [7, 11) is 1.71. The number of benzene rings is 1. The first kappa shape index (κ1) is 9.32. The minimum atomic E-state index is 0.744. The van der Waals surface area contributed by atoms with Gasteiger partial charge in [0.1, 0.15) is 0 Å². The molecule has 0 radical (unpaired) electrons. The lowest BCUT2D eigenvalue weighted by atomic mass is 10.1. The van der Waals surface area contributed by atoms with Gasteiger partial charge in [-0.1, -0.05) is 12.1 Å². The van der Waals surface area contributed by atoms with Gasteiger partial charge in [-0.3, -0.25) is 4.99 Å². The number of hydrogen-bond acceptors (Lipinski definition) is 3. The Hall–Kier alpha value is -1.77. The first-order valence-corrected chi connectivity index (χ1v) is 3.98. The number of anilines is 1. The predicted octanol–water partition coefficient (Wildman–Crippen LogP) is 1.27. The predicted molar refractivity (Wildman–Crippen MR) is 57.4 cm³/mol. The fraction of sp³-hybridized carbons (Fsp3) is 0.100. The van der Waals surface area contributed by atoms with E-state index in [2.05, 4.69) is 4.99 Å². The molecule has 0 atom stereocenters. The number of hydrogen-bond donors (Lipinski definition) is 2. The van der Waals surface area contributed by atoms with Crippen LogP contribution in [0.1, 0.15) is 5.56 Å². The van der Waals surface area contributed by atoms with Gasteiger partial charge >= 0.3 is 0 Å². The summed E-state index contributed by atoms with van der Waals surface area (Å²) in [6.45, 7) is 0. The normalized spacial score (nSPS) is 12.2. The molecule has 0 unspecified atom stereocenters. The average molecular weight is 175 g/mol. The van der Waals surface area contributed by atoms with E-state index < -0.39 is 0 Å². The van der Waals surface area contributed by atoms with E-state index in [0.29, 0.717) is 0 Å². The molecule has 3 heteroatoms. The lowest BCUT2D eigenvalue weighted by molar-refractivity contribution is 1.47. The number of nitrogen functional groups attached to an aromatic ring is 1. The van der Waals surface area contributed by atoms with Gasteiger partial charge in [-0.25, -0.2) is 0 Å². The molecule has 0 saturated heterocycles. The van der Waals surface area contributed by atoms with Crippen LogP contribution in [0.25, 0.3) is 5.57 Å². The highest BCUT2D eigenvalue weighted by molar-refractivity contribution is 6.09. The Morgan fingerprint density at radius 1 is 1.31 bits per heavy atom. The van der Waals surface area contributed by atoms with E-state index in [-0.39, 0.29) is 0 Å². The number of rotatable bonds is 2. The molecule has 4 N–H and O–H groups in total. The van der Waals surface area contributed by atoms with Crippen molar-refractivity contribution < 1.29 is 0 Å². The molecule has 3 nitrogen and oxygen atoms in total. The molecule has 0 fully saturated rings. The molecule has 1 aromatic rings. The number of nitrogens with zero attached hydrogens (tertiary/aromatic N) is 1. The van der Waals surface area contributed by atoms with Gasteiger partial charge in [0.05, 0.1) is 0 Å². The second-order valence-corrected chi connectivity index (χ2v) is 2.63. The fourth-order valence-electron chi connectivity index (χ4n) is 1.03. The number of nitrogens with two attached hydrogens (primary N) is 2. The lowest BCUT2D eigenvalue weighted by Crippen LogP contribution is -1.92. The van der Waals surface area contributed by atoms with Crippen LogP contribution in [0, 0.1) is 0 Å². The van der Waals surface area contributed by atoms with E-state index in [1.54, 1.807) is 13.3 Å². The number of allylic oxidation sites excluding steroid dienone is 1. The Morgan fingerprint density at radius 2 is 1.92 bits per heavy atom. The van der Waals surface area contributed by atoms with Crippen molar-refractivity contribution in [3.63, 3.8) is 0 Å². The largest absolute Gasteiger partial charge is 0.404 e. The maximum Gasteiger partial charge on any atom is 0.0314 e. The molecule has 0 aliphatic heterocycles. The van der Waals surface area contributed by atoms with Gasteiger partial charge < -0.3 is 11.5 Å². The molecule has 0 spiro atoms. The zero-order valence-electron chi connectivity index (χ0n) is 7.57. The Kier molecular flexibility index (Phi) is 3.09. The standard InChI is InChI=1S/C10H13N3/c1-13-7-9(6-11)8-2-4-10(12)5-3-8/h2-7H,11-12H2,1H3. The minimum Gasteiger partial charge on any atom is -0.404 e. The second kappa shape index (κ2) is 4.30. The molecule has 0 aromatic heterocycles. The summed E-state index contributed by atoms with van der Waals surface area (Å²) < 4.78 is 0. The molecule has 1 rings (SSSR count). The molecule has 1 aromatic carbocycles. The van der Waals surface area contributed by atoms with Gasteiger partial charge in [0.15, 0.2) is 0 Å². The summed E-state index contributed by atoms with van der Waals surface area (Å²) in [4.78, 5) is 3.90. The Bertz CT molecular complexity index is 323. The van der Waals surface area contributed by atoms with Gasteiger partial charge in [-0.2, -0.15) is 0 Å². The van der Waals surface area contributed by atoms with E-state index >= 15 is 0 Å². The highest BCUT2D eigenvalue weighted by Gasteiger charge is 1.96. The highest BCUT2D eigenvalue weighted by Crippen LogP contribution is 2.13. The van der Waals surface area contributed by atoms with Crippen LogP contribution in [-0.2, 0) is 0 Å². The van der Waals surface area contributed by atoms with Crippen LogP contribution in [0.3, 0.4) is 0 Å². The Labute approximate surface area is 77.8 Å². The molecule has 0 aliphatic carbocycles. The summed E-state index contributed by atoms with van der Waals surface area (Å²) in [5.41, 5.74) is 13.7. The summed E-state index contributed by atoms with van der Waals surface area (Å²) in [6, 6.07) is 7.50. The molecule has 13 heavy (non-hydrogen) atoms. The van der Waals surface area contributed by atoms with E-state index in [1.807, 2.05) is 24.3 Å². The van der Waals surface area contributed by atoms with Gasteiger partial charge in [-0.15, -0.1) is 0 Å². The van der Waals surface area contributed by atoms with E-state index in [9.17, 15) is 0 Å². The number of aliphatic imine (C=N–C) groups is 1. The van der Waals surface area contributed by atoms with Crippen molar-refractivity contribution >= 4 is 17.5 Å². The summed E-state index contributed by atoms with van der Waals surface area (Å²) in [5, 5.41) is 0. The van der Waals surface area contributed by atoms with Gasteiger partial charge in [-0.05, 0) is 17.7 Å². The first-order chi connectivity index (χ1) is 6.27. The summed E-state index contributed by atoms with van der Waals surface area (Å²) in [5.74, 6) is 0. The quantitative estimate of drug-likeness (QED) is 0.525. The minimum absolute atomic E-state index is 0.744. The van der Waals surface area contributed by atoms with E-state index in [4.69, 9.17) is 11.5 Å². The Morgan fingerprint density at radius 3 is 2.38 bits per heavy atom. The topological polar surface area (TPSA) is 64.4 Å². The molecule has 0 heterocycles. The zero-order valence-corrected chi connectivity index (χ0v) is 7.57. The van der Waals surface area contributed by atoms with Crippen molar-refractivity contribution in [3.8, 4) is 0 Å². The molecule has 0 aliphatic rings. The van der Waals surface area contributed by atoms with Crippen LogP contribution >= 0.6 is 0 Å². The molecule has 0 amide bonds. The van der Waals surface area contributed by atoms with E-state index in [1.165, 1.54) is 6.20 Å². The summed E-state index contributed by atoms with van der Waals surface area (Å²) >= 11 is 0. The second-order valence-electron chi connectivity index (χ2n) is 2.63. The van der Waals surface area contributed by atoms with Crippen LogP contribution in [-0.4, -0.2) is 13.3 Å². The first-order valence-electron chi connectivity index (χ1n) is 3.98. The average Bonchev–Trinajstić information content (AvgIpc) is 2.16. The molecule has 0 bridgehead atoms. The van der Waals surface area contributed by atoms with Crippen LogP contribution in [0.5, 0.6) is 0 Å². The molecular weight excluding hydrogens is 162 g/mol. The lowest BCUT2D eigenvalue weighted by Gasteiger charge is -2.00. The van der Waals surface area contributed by atoms with Crippen LogP contribution in [0.2, 0.25) is 0 Å². The maximum atomic E-state index is 5.56. The smallest absolute Gasteiger partial charge is 0.0314 e. The third-order valence-corrected chi connectivity index (χ3v) is 1.69. The SMILES string of the molecule is CN=CC(=CN)c1ccc(N)cc1. The third kappa shape index (κ3) is 2.33. The van der Waals surface area contributed by atoms with Crippen LogP contribution in [0.15, 0.2) is 35.5 Å². The van der Waals surface area contributed by atoms with Crippen molar-refractivity contribution in [2.75, 3.05) is 12.8 Å². The van der Waals surface area contributed by atoms with Crippen molar-refractivity contribution in [3.05, 3.63) is 36.0 Å². The maximum absolute atomic E-state index is 5.56. The van der Waals surface area contributed by atoms with Crippen molar-refractivity contribution in [2.24, 2.45) is 10.7 Å². The summed E-state index contributed by atoms with van der Waals surface area (Å²) in [6.07, 6.45) is 3.24. The van der Waals surface area contributed by atoms with Crippen molar-refractivity contribution in [2.45, 2.75) is 0 Å². The highest BCUT2D eigenvalue weighted by atomic mass is 14.6. The van der Waals surface area contributed by atoms with Crippen LogP contribution in [0.4, 0.5) is 5.69 Å². The molecular formula is C10H13N3. The zero-order chi connectivity index (χ0) is 9.68. The Balaban J connectivity index is 3.00. The monoisotopic (exact) mass is 175 g/mol. The van der Waals surface area contributed by atoms with Gasteiger partial charge in [0.25, 0.3) is 0 Å². The van der Waals surface area contributed by atoms with Crippen molar-refractivity contribution in [1.82, 2.24) is 0 Å². The van der Waals surface area contributed by atoms with Crippen molar-refractivity contribution in [1.29, 1.82) is 0 Å². The van der Waals surface area contributed by atoms with Gasteiger partial charge in [0.2, 0.25) is 0 Å².